The highest BCUT2D eigenvalue weighted by Gasteiger charge is 2.15. The second-order valence-electron chi connectivity index (χ2n) is 4.79. The van der Waals surface area contributed by atoms with E-state index in [-0.39, 0.29) is 12.6 Å². The molecule has 1 atom stereocenters. The van der Waals surface area contributed by atoms with Gasteiger partial charge in [0.15, 0.2) is 0 Å². The summed E-state index contributed by atoms with van der Waals surface area (Å²) in [5, 5.41) is 0. The van der Waals surface area contributed by atoms with Gasteiger partial charge in [0.05, 0.1) is 6.61 Å². The number of nitrogens with two attached hydrogens (primary N) is 2. The molecule has 6 nitrogen and oxygen atoms in total. The van der Waals surface area contributed by atoms with Gasteiger partial charge in [-0.3, -0.25) is 0 Å². The summed E-state index contributed by atoms with van der Waals surface area (Å²) in [5.41, 5.74) is 12.9. The van der Waals surface area contributed by atoms with Crippen molar-refractivity contribution in [1.82, 2.24) is 4.90 Å². The third-order valence-corrected chi connectivity index (χ3v) is 2.88. The second-order valence-corrected chi connectivity index (χ2v) is 4.79. The average molecular weight is 295 g/mol. The molecule has 0 bridgehead atoms. The number of carbonyl (C=O) groups is 2. The Morgan fingerprint density at radius 2 is 2.00 bits per heavy atom. The molecular formula is C15H25N3O3. The number of hydrogen-bond donors (Lipinski definition) is 2. The molecule has 0 saturated carbocycles. The third-order valence-electron chi connectivity index (χ3n) is 2.88. The molecule has 0 unspecified atom stereocenters. The van der Waals surface area contributed by atoms with Crippen LogP contribution in [0.4, 0.5) is 9.59 Å². The van der Waals surface area contributed by atoms with Crippen molar-refractivity contribution in [2.24, 2.45) is 11.5 Å². The Hall–Kier alpha value is -2.08. The molecular weight excluding hydrogens is 270 g/mol. The molecule has 0 aromatic heterocycles. The van der Waals surface area contributed by atoms with Crippen LogP contribution in [-0.4, -0.2) is 36.7 Å². The average Bonchev–Trinajstić information content (AvgIpc) is 2.43. The molecule has 0 heterocycles. The topological polar surface area (TPSA) is 98.7 Å². The molecule has 0 saturated heterocycles. The molecule has 118 valence electrons. The fourth-order valence-corrected chi connectivity index (χ4v) is 1.34. The fraction of sp³-hybridized carbons (Fsp3) is 0.467. The molecule has 0 aliphatic heterocycles. The van der Waals surface area contributed by atoms with E-state index in [2.05, 4.69) is 6.58 Å². The third kappa shape index (κ3) is 8.65. The van der Waals surface area contributed by atoms with E-state index in [0.29, 0.717) is 17.7 Å². The first-order valence-electron chi connectivity index (χ1n) is 6.72. The van der Waals surface area contributed by atoms with Crippen LogP contribution < -0.4 is 11.5 Å². The van der Waals surface area contributed by atoms with E-state index in [0.717, 1.165) is 11.1 Å². The molecule has 4 N–H and O–H groups in total. The summed E-state index contributed by atoms with van der Waals surface area (Å²) in [6.07, 6.45) is 6.19. The zero-order valence-electron chi connectivity index (χ0n) is 13.0. The monoisotopic (exact) mass is 295 g/mol. The summed E-state index contributed by atoms with van der Waals surface area (Å²) in [6.45, 7) is 8.01. The maximum Gasteiger partial charge on any atom is 0.417 e. The first kappa shape index (κ1) is 18.9. The molecule has 0 rings (SSSR count). The number of imide groups is 1. The minimum Gasteiger partial charge on any atom is -0.449 e. The van der Waals surface area contributed by atoms with Gasteiger partial charge in [-0.25, -0.2) is 14.5 Å². The van der Waals surface area contributed by atoms with Crippen molar-refractivity contribution in [1.29, 1.82) is 0 Å². The van der Waals surface area contributed by atoms with Gasteiger partial charge in [0.1, 0.15) is 0 Å². The number of ether oxygens (including phenoxy) is 1. The van der Waals surface area contributed by atoms with E-state index in [1.807, 2.05) is 32.1 Å². The Balaban J connectivity index is 4.03. The lowest BCUT2D eigenvalue weighted by Gasteiger charge is -2.15. The molecule has 0 aromatic carbocycles. The summed E-state index contributed by atoms with van der Waals surface area (Å²) < 4.78 is 4.88. The number of allylic oxidation sites excluding steroid dienone is 4. The highest BCUT2D eigenvalue weighted by Crippen LogP contribution is 2.08. The zero-order chi connectivity index (χ0) is 16.4. The zero-order valence-corrected chi connectivity index (χ0v) is 13.0. The quantitative estimate of drug-likeness (QED) is 0.704. The van der Waals surface area contributed by atoms with Crippen LogP contribution >= 0.6 is 0 Å². The van der Waals surface area contributed by atoms with Crippen molar-refractivity contribution in [3.05, 3.63) is 36.0 Å². The molecule has 3 amide bonds. The molecule has 0 fully saturated rings. The summed E-state index contributed by atoms with van der Waals surface area (Å²) in [7, 11) is 1.25. The number of hydrogen-bond acceptors (Lipinski definition) is 4. The number of nitrogens with zero attached hydrogens (tertiary/aromatic N) is 1. The van der Waals surface area contributed by atoms with Crippen LogP contribution in [0, 0.1) is 0 Å². The Labute approximate surface area is 126 Å². The smallest absolute Gasteiger partial charge is 0.417 e. The maximum atomic E-state index is 11.3. The van der Waals surface area contributed by atoms with Crippen molar-refractivity contribution in [3.8, 4) is 0 Å². The molecule has 0 aliphatic carbocycles. The van der Waals surface area contributed by atoms with Gasteiger partial charge >= 0.3 is 12.1 Å². The molecule has 0 spiro atoms. The van der Waals surface area contributed by atoms with E-state index in [1.54, 1.807) is 0 Å². The van der Waals surface area contributed by atoms with E-state index in [9.17, 15) is 9.59 Å². The lowest BCUT2D eigenvalue weighted by Crippen LogP contribution is -2.38. The van der Waals surface area contributed by atoms with Crippen molar-refractivity contribution in [2.45, 2.75) is 32.7 Å². The number of amides is 3. The van der Waals surface area contributed by atoms with Crippen LogP contribution in [0.1, 0.15) is 26.7 Å². The van der Waals surface area contributed by atoms with E-state index < -0.39 is 12.1 Å². The van der Waals surface area contributed by atoms with Crippen LogP contribution in [0.5, 0.6) is 0 Å². The summed E-state index contributed by atoms with van der Waals surface area (Å²) in [4.78, 5) is 22.8. The minimum atomic E-state index is -0.859. The Bertz CT molecular complexity index is 441. The van der Waals surface area contributed by atoms with E-state index in [1.165, 1.54) is 7.05 Å². The number of urea groups is 1. The number of rotatable bonds is 7. The van der Waals surface area contributed by atoms with Gasteiger partial charge in [0.2, 0.25) is 0 Å². The van der Waals surface area contributed by atoms with Gasteiger partial charge in [-0.05, 0) is 26.7 Å². The summed E-state index contributed by atoms with van der Waals surface area (Å²) >= 11 is 0. The molecule has 0 radical (unpaired) electrons. The van der Waals surface area contributed by atoms with Crippen LogP contribution in [-0.2, 0) is 4.74 Å². The SMILES string of the molecule is C=C(/C=C\C(C)=C/C)C[C@@H](N)CCOC(=O)N(C)C(N)=O. The van der Waals surface area contributed by atoms with Gasteiger partial charge in [0.25, 0.3) is 0 Å². The van der Waals surface area contributed by atoms with Gasteiger partial charge in [-0.15, -0.1) is 0 Å². The van der Waals surface area contributed by atoms with Crippen molar-refractivity contribution < 1.29 is 14.3 Å². The van der Waals surface area contributed by atoms with Crippen molar-refractivity contribution in [3.63, 3.8) is 0 Å². The molecule has 0 aliphatic rings. The first-order chi connectivity index (χ1) is 9.77. The predicted molar refractivity (Wildman–Crippen MR) is 83.6 cm³/mol. The second kappa shape index (κ2) is 9.77. The summed E-state index contributed by atoms with van der Waals surface area (Å²) in [6, 6.07) is -1.03. The van der Waals surface area contributed by atoms with Gasteiger partial charge < -0.3 is 16.2 Å². The fourth-order valence-electron chi connectivity index (χ4n) is 1.34. The normalized spacial score (nSPS) is 13.0. The first-order valence-corrected chi connectivity index (χ1v) is 6.72. The van der Waals surface area contributed by atoms with Gasteiger partial charge in [-0.1, -0.05) is 36.0 Å². The van der Waals surface area contributed by atoms with Gasteiger partial charge in [-0.2, -0.15) is 0 Å². The Kier molecular flexibility index (Phi) is 8.80. The highest BCUT2D eigenvalue weighted by atomic mass is 16.6. The summed E-state index contributed by atoms with van der Waals surface area (Å²) in [5.74, 6) is 0. The standard InChI is InChI=1S/C15H25N3O3/c1-5-11(2)6-7-12(3)10-13(16)8-9-21-15(20)18(4)14(17)19/h5-7,13H,3,8-10,16H2,1-2,4H3,(H2,17,19)/b7-6-,11-5-/t13-/m0/s1. The minimum absolute atomic E-state index is 0.127. The maximum absolute atomic E-state index is 11.3. The van der Waals surface area contributed by atoms with Crippen molar-refractivity contribution in [2.75, 3.05) is 13.7 Å². The molecule has 6 heteroatoms. The van der Waals surface area contributed by atoms with Gasteiger partial charge in [0, 0.05) is 13.1 Å². The predicted octanol–water partition coefficient (Wildman–Crippen LogP) is 2.32. The number of carbonyl (C=O) groups excluding carboxylic acids is 2. The number of primary amides is 1. The Morgan fingerprint density at radius 3 is 2.52 bits per heavy atom. The van der Waals surface area contributed by atoms with Crippen LogP contribution in [0.3, 0.4) is 0 Å². The largest absolute Gasteiger partial charge is 0.449 e. The Morgan fingerprint density at radius 1 is 1.38 bits per heavy atom. The van der Waals surface area contributed by atoms with Crippen LogP contribution in [0.25, 0.3) is 0 Å². The lowest BCUT2D eigenvalue weighted by atomic mass is 10.0. The molecule has 21 heavy (non-hydrogen) atoms. The van der Waals surface area contributed by atoms with Crippen molar-refractivity contribution >= 4 is 12.1 Å². The van der Waals surface area contributed by atoms with E-state index in [4.69, 9.17) is 16.2 Å². The lowest BCUT2D eigenvalue weighted by molar-refractivity contribution is 0.115. The van der Waals surface area contributed by atoms with Crippen LogP contribution in [0.15, 0.2) is 36.0 Å². The van der Waals surface area contributed by atoms with E-state index >= 15 is 0 Å². The van der Waals surface area contributed by atoms with Crippen LogP contribution in [0.2, 0.25) is 0 Å². The highest BCUT2D eigenvalue weighted by molar-refractivity contribution is 5.89. The molecule has 0 aromatic rings.